The summed E-state index contributed by atoms with van der Waals surface area (Å²) in [6.45, 7) is 1.40. The molecule has 0 radical (unpaired) electrons. The van der Waals surface area contributed by atoms with Crippen LogP contribution in [0.4, 0.5) is 10.3 Å². The van der Waals surface area contributed by atoms with Crippen LogP contribution in [0.2, 0.25) is 5.02 Å². The number of aromatic nitrogens is 2. The SMILES string of the molecule is COc1cc(F)cc([C@@H](CO)NC(=O)[C@@H](C)N2Cc3ccc(-c4nc(NC5CCC5)ncc4Cl)cc3C2=O)c1. The zero-order valence-corrected chi connectivity index (χ0v) is 22.3. The Bertz CT molecular complexity index is 1420. The molecular formula is C28H29ClFN5O4. The second-order valence-electron chi connectivity index (χ2n) is 9.81. The summed E-state index contributed by atoms with van der Waals surface area (Å²) in [6, 6.07) is 8.02. The molecule has 0 saturated heterocycles. The number of fused-ring (bicyclic) bond motifs is 1. The molecule has 204 valence electrons. The first-order valence-electron chi connectivity index (χ1n) is 12.8. The molecule has 9 nitrogen and oxygen atoms in total. The normalized spacial score (nSPS) is 16.3. The summed E-state index contributed by atoms with van der Waals surface area (Å²) >= 11 is 6.41. The van der Waals surface area contributed by atoms with E-state index in [4.69, 9.17) is 16.3 Å². The van der Waals surface area contributed by atoms with Gasteiger partial charge in [-0.05, 0) is 55.5 Å². The number of halogens is 2. The maximum absolute atomic E-state index is 14.0. The number of hydrogen-bond donors (Lipinski definition) is 3. The van der Waals surface area contributed by atoms with Gasteiger partial charge in [0.15, 0.2) is 0 Å². The van der Waals surface area contributed by atoms with Gasteiger partial charge in [-0.15, -0.1) is 0 Å². The lowest BCUT2D eigenvalue weighted by Crippen LogP contribution is -2.46. The minimum absolute atomic E-state index is 0.243. The third-order valence-electron chi connectivity index (χ3n) is 7.28. The number of aliphatic hydroxyl groups is 1. The predicted octanol–water partition coefficient (Wildman–Crippen LogP) is 4.10. The van der Waals surface area contributed by atoms with Crippen LogP contribution in [0.1, 0.15) is 53.7 Å². The lowest BCUT2D eigenvalue weighted by Gasteiger charge is -2.26. The van der Waals surface area contributed by atoms with Crippen LogP contribution in [0.15, 0.2) is 42.6 Å². The molecule has 2 heterocycles. The molecule has 1 aliphatic heterocycles. The fourth-order valence-corrected chi connectivity index (χ4v) is 4.93. The molecule has 0 bridgehead atoms. The summed E-state index contributed by atoms with van der Waals surface area (Å²) in [5, 5.41) is 16.3. The predicted molar refractivity (Wildman–Crippen MR) is 144 cm³/mol. The van der Waals surface area contributed by atoms with Crippen LogP contribution in [-0.4, -0.2) is 57.6 Å². The number of methoxy groups -OCH3 is 1. The molecule has 2 amide bonds. The summed E-state index contributed by atoms with van der Waals surface area (Å²) in [6.07, 6.45) is 4.88. The van der Waals surface area contributed by atoms with Gasteiger partial charge in [-0.3, -0.25) is 9.59 Å². The van der Waals surface area contributed by atoms with E-state index in [1.54, 1.807) is 25.3 Å². The molecule has 3 aromatic rings. The summed E-state index contributed by atoms with van der Waals surface area (Å²) in [5.74, 6) is -0.584. The molecule has 39 heavy (non-hydrogen) atoms. The van der Waals surface area contributed by atoms with Crippen molar-refractivity contribution in [1.82, 2.24) is 20.2 Å². The number of amides is 2. The van der Waals surface area contributed by atoms with Crippen LogP contribution in [0.3, 0.4) is 0 Å². The van der Waals surface area contributed by atoms with E-state index in [1.807, 2.05) is 12.1 Å². The Balaban J connectivity index is 1.32. The molecule has 2 aromatic carbocycles. The number of carbonyl (C=O) groups excluding carboxylic acids is 2. The maximum atomic E-state index is 14.0. The summed E-state index contributed by atoms with van der Waals surface area (Å²) in [7, 11) is 1.40. The van der Waals surface area contributed by atoms with E-state index in [0.29, 0.717) is 39.4 Å². The minimum Gasteiger partial charge on any atom is -0.497 e. The third kappa shape index (κ3) is 5.53. The zero-order valence-electron chi connectivity index (χ0n) is 21.6. The molecule has 3 N–H and O–H groups in total. The molecule has 2 aliphatic rings. The maximum Gasteiger partial charge on any atom is 0.255 e. The van der Waals surface area contributed by atoms with E-state index in [1.165, 1.54) is 30.6 Å². The van der Waals surface area contributed by atoms with Crippen molar-refractivity contribution in [2.24, 2.45) is 0 Å². The highest BCUT2D eigenvalue weighted by Gasteiger charge is 2.35. The van der Waals surface area contributed by atoms with Crippen molar-refractivity contribution >= 4 is 29.4 Å². The molecule has 1 fully saturated rings. The Morgan fingerprint density at radius 1 is 1.28 bits per heavy atom. The van der Waals surface area contributed by atoms with Crippen LogP contribution in [-0.2, 0) is 11.3 Å². The molecule has 2 atom stereocenters. The molecule has 0 unspecified atom stereocenters. The average Bonchev–Trinajstić information content (AvgIpc) is 3.24. The average molecular weight is 554 g/mol. The van der Waals surface area contributed by atoms with Crippen molar-refractivity contribution in [3.8, 4) is 17.0 Å². The van der Waals surface area contributed by atoms with Gasteiger partial charge in [0.25, 0.3) is 5.91 Å². The molecule has 1 aromatic heterocycles. The Morgan fingerprint density at radius 2 is 2.08 bits per heavy atom. The number of anilines is 1. The Labute approximate surface area is 230 Å². The lowest BCUT2D eigenvalue weighted by atomic mass is 9.93. The Kier molecular flexibility index (Phi) is 7.67. The summed E-state index contributed by atoms with van der Waals surface area (Å²) in [4.78, 5) is 36.8. The van der Waals surface area contributed by atoms with Gasteiger partial charge >= 0.3 is 0 Å². The van der Waals surface area contributed by atoms with Crippen molar-refractivity contribution in [2.75, 3.05) is 19.0 Å². The van der Waals surface area contributed by atoms with Crippen molar-refractivity contribution in [1.29, 1.82) is 0 Å². The van der Waals surface area contributed by atoms with Crippen LogP contribution in [0, 0.1) is 5.82 Å². The van der Waals surface area contributed by atoms with Crippen LogP contribution in [0.25, 0.3) is 11.3 Å². The molecular weight excluding hydrogens is 525 g/mol. The number of nitrogens with zero attached hydrogens (tertiary/aromatic N) is 3. The third-order valence-corrected chi connectivity index (χ3v) is 7.55. The standard InChI is InChI=1S/C28H29ClFN5O4/c1-15(26(37)33-24(14-36)18-8-19(30)11-21(9-18)39-2)35-13-17-7-6-16(10-22(17)27(35)38)25-23(29)12-31-28(34-25)32-20-4-3-5-20/h6-12,15,20,24,36H,3-5,13-14H2,1-2H3,(H,33,37)(H,31,32,34)/t15-,24-/m1/s1. The van der Waals surface area contributed by atoms with Crippen molar-refractivity contribution in [3.63, 3.8) is 0 Å². The second kappa shape index (κ2) is 11.2. The highest BCUT2D eigenvalue weighted by atomic mass is 35.5. The van der Waals surface area contributed by atoms with Gasteiger partial charge in [0, 0.05) is 29.8 Å². The number of aliphatic hydroxyl groups excluding tert-OH is 1. The highest BCUT2D eigenvalue weighted by molar-refractivity contribution is 6.33. The number of ether oxygens (including phenoxy) is 1. The molecule has 1 saturated carbocycles. The van der Waals surface area contributed by atoms with Gasteiger partial charge in [-0.2, -0.15) is 0 Å². The Hall–Kier alpha value is -3.76. The van der Waals surface area contributed by atoms with Crippen molar-refractivity contribution in [3.05, 3.63) is 70.1 Å². The number of carbonyl (C=O) groups is 2. The Morgan fingerprint density at radius 3 is 2.77 bits per heavy atom. The van der Waals surface area contributed by atoms with Crippen LogP contribution < -0.4 is 15.4 Å². The summed E-state index contributed by atoms with van der Waals surface area (Å²) < 4.78 is 19.1. The fourth-order valence-electron chi connectivity index (χ4n) is 4.73. The first kappa shape index (κ1) is 26.8. The van der Waals surface area contributed by atoms with Gasteiger partial charge < -0.3 is 25.4 Å². The first-order chi connectivity index (χ1) is 18.8. The van der Waals surface area contributed by atoms with E-state index in [9.17, 15) is 19.1 Å². The summed E-state index contributed by atoms with van der Waals surface area (Å²) in [5.41, 5.74) is 2.78. The fraction of sp³-hybridized carbons (Fsp3) is 0.357. The highest BCUT2D eigenvalue weighted by Crippen LogP contribution is 2.33. The number of hydrogen-bond acceptors (Lipinski definition) is 7. The number of nitrogens with one attached hydrogen (secondary N) is 2. The van der Waals surface area contributed by atoms with Gasteiger partial charge in [0.05, 0.1) is 36.7 Å². The van der Waals surface area contributed by atoms with E-state index < -0.39 is 30.4 Å². The van der Waals surface area contributed by atoms with Crippen molar-refractivity contribution < 1.29 is 23.8 Å². The van der Waals surface area contributed by atoms with E-state index in [2.05, 4.69) is 20.6 Å². The number of benzene rings is 2. The van der Waals surface area contributed by atoms with Gasteiger partial charge in [0.2, 0.25) is 11.9 Å². The van der Waals surface area contributed by atoms with E-state index >= 15 is 0 Å². The van der Waals surface area contributed by atoms with Gasteiger partial charge in [0.1, 0.15) is 17.6 Å². The number of rotatable bonds is 9. The van der Waals surface area contributed by atoms with Gasteiger partial charge in [-0.25, -0.2) is 14.4 Å². The lowest BCUT2D eigenvalue weighted by molar-refractivity contribution is -0.126. The van der Waals surface area contributed by atoms with E-state index in [-0.39, 0.29) is 18.2 Å². The second-order valence-corrected chi connectivity index (χ2v) is 10.2. The first-order valence-corrected chi connectivity index (χ1v) is 13.1. The smallest absolute Gasteiger partial charge is 0.255 e. The molecule has 1 aliphatic carbocycles. The topological polar surface area (TPSA) is 117 Å². The van der Waals surface area contributed by atoms with Crippen molar-refractivity contribution in [2.45, 2.75) is 50.9 Å². The quantitative estimate of drug-likeness (QED) is 0.365. The molecule has 11 heteroatoms. The largest absolute Gasteiger partial charge is 0.497 e. The van der Waals surface area contributed by atoms with Gasteiger partial charge in [-0.1, -0.05) is 23.7 Å². The monoisotopic (exact) mass is 553 g/mol. The molecule has 5 rings (SSSR count). The minimum atomic E-state index is -0.876. The zero-order chi connectivity index (χ0) is 27.7. The van der Waals surface area contributed by atoms with E-state index in [0.717, 1.165) is 18.4 Å². The van der Waals surface area contributed by atoms with Crippen LogP contribution in [0.5, 0.6) is 5.75 Å². The van der Waals surface area contributed by atoms with Crippen LogP contribution >= 0.6 is 11.6 Å². The molecule has 0 spiro atoms.